The molecule has 1 aromatic heterocycles. The molecule has 28 heavy (non-hydrogen) atoms. The Morgan fingerprint density at radius 2 is 2.00 bits per heavy atom. The molecule has 0 aliphatic carbocycles. The fourth-order valence-electron chi connectivity index (χ4n) is 4.52. The van der Waals surface area contributed by atoms with Crippen LogP contribution in [0.25, 0.3) is 0 Å². The van der Waals surface area contributed by atoms with Crippen molar-refractivity contribution in [1.82, 2.24) is 14.7 Å². The second-order valence-corrected chi connectivity index (χ2v) is 8.93. The van der Waals surface area contributed by atoms with Crippen LogP contribution in [-0.4, -0.2) is 65.2 Å². The Balaban J connectivity index is 1.83. The number of hydrogen-bond acceptors (Lipinski definition) is 5. The van der Waals surface area contributed by atoms with Crippen molar-refractivity contribution < 1.29 is 19.4 Å². The highest BCUT2D eigenvalue weighted by molar-refractivity contribution is 5.94. The summed E-state index contributed by atoms with van der Waals surface area (Å²) in [6.45, 7) is 10.9. The van der Waals surface area contributed by atoms with E-state index in [2.05, 4.69) is 13.8 Å². The van der Waals surface area contributed by atoms with Crippen LogP contribution in [0.3, 0.4) is 0 Å². The summed E-state index contributed by atoms with van der Waals surface area (Å²) in [5.74, 6) is 0.494. The average Bonchev–Trinajstić information content (AvgIpc) is 3.04. The van der Waals surface area contributed by atoms with E-state index < -0.39 is 0 Å². The van der Waals surface area contributed by atoms with Crippen LogP contribution in [0.15, 0.2) is 0 Å². The summed E-state index contributed by atoms with van der Waals surface area (Å²) >= 11 is 0. The largest absolute Gasteiger partial charge is 0.396 e. The van der Waals surface area contributed by atoms with E-state index in [9.17, 15) is 9.90 Å². The Morgan fingerprint density at radius 1 is 1.32 bits per heavy atom. The van der Waals surface area contributed by atoms with E-state index in [0.29, 0.717) is 31.2 Å². The Kier molecular flexibility index (Phi) is 6.47. The summed E-state index contributed by atoms with van der Waals surface area (Å²) in [6.07, 6.45) is 2.52. The van der Waals surface area contributed by atoms with E-state index >= 15 is 0 Å². The summed E-state index contributed by atoms with van der Waals surface area (Å²) in [4.78, 5) is 15.4. The minimum absolute atomic E-state index is 0.0615. The Bertz CT molecular complexity index is 692. The van der Waals surface area contributed by atoms with Gasteiger partial charge in [-0.2, -0.15) is 5.10 Å². The number of piperidine rings is 1. The van der Waals surface area contributed by atoms with Gasteiger partial charge < -0.3 is 19.5 Å². The van der Waals surface area contributed by atoms with Crippen molar-refractivity contribution in [3.8, 4) is 0 Å². The fraction of sp³-hybridized carbons (Fsp3) is 0.810. The van der Waals surface area contributed by atoms with E-state index in [4.69, 9.17) is 14.6 Å². The molecule has 1 saturated heterocycles. The van der Waals surface area contributed by atoms with Gasteiger partial charge in [0.1, 0.15) is 5.69 Å². The Hall–Kier alpha value is -1.44. The molecular weight excluding hydrogens is 358 g/mol. The zero-order chi connectivity index (χ0) is 20.5. The lowest BCUT2D eigenvalue weighted by Crippen LogP contribution is -2.44. The van der Waals surface area contributed by atoms with Crippen molar-refractivity contribution in [3.05, 3.63) is 17.0 Å². The number of likely N-dealkylation sites (tertiary alicyclic amines) is 1. The normalized spacial score (nSPS) is 23.7. The second kappa shape index (κ2) is 8.51. The Morgan fingerprint density at radius 3 is 2.61 bits per heavy atom. The van der Waals surface area contributed by atoms with E-state index in [1.165, 1.54) is 0 Å². The van der Waals surface area contributed by atoms with Gasteiger partial charge in [0.25, 0.3) is 5.91 Å². The summed E-state index contributed by atoms with van der Waals surface area (Å²) in [5, 5.41) is 14.4. The van der Waals surface area contributed by atoms with Crippen LogP contribution < -0.4 is 0 Å². The molecule has 7 heteroatoms. The highest BCUT2D eigenvalue weighted by Crippen LogP contribution is 2.36. The molecular formula is C21H35N3O4. The number of ether oxygens (including phenoxy) is 2. The molecule has 0 unspecified atom stereocenters. The molecule has 1 fully saturated rings. The van der Waals surface area contributed by atoms with Crippen LogP contribution in [0, 0.1) is 11.3 Å². The molecule has 1 aromatic rings. The zero-order valence-electron chi connectivity index (χ0n) is 17.9. The number of methoxy groups -OCH3 is 1. The molecule has 2 atom stereocenters. The maximum Gasteiger partial charge on any atom is 0.272 e. The first-order chi connectivity index (χ1) is 13.3. The third-order valence-corrected chi connectivity index (χ3v) is 6.40. The number of aliphatic hydroxyl groups excluding tert-OH is 1. The smallest absolute Gasteiger partial charge is 0.272 e. The van der Waals surface area contributed by atoms with Crippen molar-refractivity contribution in [3.63, 3.8) is 0 Å². The van der Waals surface area contributed by atoms with Crippen LogP contribution in [0.1, 0.15) is 68.4 Å². The average molecular weight is 394 g/mol. The molecule has 0 saturated carbocycles. The molecule has 7 nitrogen and oxygen atoms in total. The van der Waals surface area contributed by atoms with E-state index in [1.54, 1.807) is 7.11 Å². The summed E-state index contributed by atoms with van der Waals surface area (Å²) in [6, 6.07) is 0. The molecule has 0 radical (unpaired) electrons. The van der Waals surface area contributed by atoms with E-state index in [-0.39, 0.29) is 30.1 Å². The summed E-state index contributed by atoms with van der Waals surface area (Å²) in [7, 11) is 1.66. The van der Waals surface area contributed by atoms with E-state index in [0.717, 1.165) is 37.2 Å². The molecule has 0 bridgehead atoms. The van der Waals surface area contributed by atoms with Crippen molar-refractivity contribution >= 4 is 5.91 Å². The van der Waals surface area contributed by atoms with Gasteiger partial charge >= 0.3 is 0 Å². The molecule has 2 aliphatic rings. The lowest BCUT2D eigenvalue weighted by molar-refractivity contribution is -0.00723. The molecule has 1 amide bonds. The predicted molar refractivity (Wildman–Crippen MR) is 106 cm³/mol. The monoisotopic (exact) mass is 393 g/mol. The van der Waals surface area contributed by atoms with Crippen molar-refractivity contribution in [2.24, 2.45) is 11.3 Å². The molecule has 158 valence electrons. The fourth-order valence-corrected chi connectivity index (χ4v) is 4.52. The quantitative estimate of drug-likeness (QED) is 0.803. The summed E-state index contributed by atoms with van der Waals surface area (Å²) < 4.78 is 13.0. The molecule has 3 heterocycles. The first-order valence-electron chi connectivity index (χ1n) is 10.4. The SMILES string of the molecule is COCCn1nc2c(c1C(=O)N1CCC(C(C)(C)CO)CC1)C[C@H](C)O[C@@H]2C. The highest BCUT2D eigenvalue weighted by atomic mass is 16.5. The zero-order valence-corrected chi connectivity index (χ0v) is 17.9. The van der Waals surface area contributed by atoms with Gasteiger partial charge in [-0.05, 0) is 38.0 Å². The first-order valence-corrected chi connectivity index (χ1v) is 10.4. The lowest BCUT2D eigenvalue weighted by Gasteiger charge is -2.40. The van der Waals surface area contributed by atoms with Gasteiger partial charge in [0.05, 0.1) is 31.1 Å². The van der Waals surface area contributed by atoms with Crippen LogP contribution in [0.2, 0.25) is 0 Å². The highest BCUT2D eigenvalue weighted by Gasteiger charge is 2.37. The van der Waals surface area contributed by atoms with E-state index in [1.807, 2.05) is 23.4 Å². The first kappa shape index (κ1) is 21.3. The lowest BCUT2D eigenvalue weighted by atomic mass is 9.74. The molecule has 1 N–H and O–H groups in total. The van der Waals surface area contributed by atoms with Crippen molar-refractivity contribution in [1.29, 1.82) is 0 Å². The molecule has 2 aliphatic heterocycles. The van der Waals surface area contributed by atoms with Crippen LogP contribution in [0.4, 0.5) is 0 Å². The standard InChI is InChI=1S/C21H35N3O4/c1-14-12-17-18(15(2)28-14)22-24(10-11-27-5)19(17)20(26)23-8-6-16(7-9-23)21(3,4)13-25/h14-16,25H,6-13H2,1-5H3/t14-,15+/m0/s1. The topological polar surface area (TPSA) is 76.8 Å². The van der Waals surface area contributed by atoms with Gasteiger partial charge in [0.2, 0.25) is 0 Å². The number of nitrogens with zero attached hydrogens (tertiary/aromatic N) is 3. The Labute approximate surface area is 168 Å². The van der Waals surface area contributed by atoms with Gasteiger partial charge in [-0.3, -0.25) is 9.48 Å². The van der Waals surface area contributed by atoms with Crippen LogP contribution in [0.5, 0.6) is 0 Å². The number of rotatable bonds is 6. The third-order valence-electron chi connectivity index (χ3n) is 6.40. The number of carbonyl (C=O) groups excluding carboxylic acids is 1. The number of aromatic nitrogens is 2. The van der Waals surface area contributed by atoms with Crippen LogP contribution in [-0.2, 0) is 22.4 Å². The van der Waals surface area contributed by atoms with Crippen LogP contribution >= 0.6 is 0 Å². The number of amides is 1. The maximum absolute atomic E-state index is 13.5. The third kappa shape index (κ3) is 4.11. The minimum atomic E-state index is -0.106. The number of aliphatic hydroxyl groups is 1. The molecule has 0 aromatic carbocycles. The number of fused-ring (bicyclic) bond motifs is 1. The molecule has 0 spiro atoms. The van der Waals surface area contributed by atoms with Gasteiger partial charge in [-0.25, -0.2) is 0 Å². The van der Waals surface area contributed by atoms with Gasteiger partial charge in [0.15, 0.2) is 0 Å². The van der Waals surface area contributed by atoms with Gasteiger partial charge in [-0.1, -0.05) is 13.8 Å². The summed E-state index contributed by atoms with van der Waals surface area (Å²) in [5.41, 5.74) is 2.52. The predicted octanol–water partition coefficient (Wildman–Crippen LogP) is 2.42. The van der Waals surface area contributed by atoms with Gasteiger partial charge in [0, 0.05) is 38.8 Å². The number of hydrogen-bond donors (Lipinski definition) is 1. The minimum Gasteiger partial charge on any atom is -0.396 e. The molecule has 3 rings (SSSR count). The maximum atomic E-state index is 13.5. The van der Waals surface area contributed by atoms with Gasteiger partial charge in [-0.15, -0.1) is 0 Å². The van der Waals surface area contributed by atoms with Crippen molar-refractivity contribution in [2.75, 3.05) is 33.4 Å². The van der Waals surface area contributed by atoms with Crippen molar-refractivity contribution in [2.45, 2.75) is 65.7 Å². The second-order valence-electron chi connectivity index (χ2n) is 8.93. The number of carbonyl (C=O) groups is 1.